The Bertz CT molecular complexity index is 750. The quantitative estimate of drug-likeness (QED) is 0.484. The zero-order valence-electron chi connectivity index (χ0n) is 12.0. The molecule has 0 aromatic heterocycles. The number of hydrogen-bond donors (Lipinski definition) is 2. The second-order valence-corrected chi connectivity index (χ2v) is 5.63. The third kappa shape index (κ3) is 3.93. The van der Waals surface area contributed by atoms with Crippen LogP contribution in [0.25, 0.3) is 0 Å². The SMILES string of the molecule is Cc1ccc(NC(=S)Nc2cc([N+](=O)[O-])ccc2Cl)c(C)c1. The summed E-state index contributed by atoms with van der Waals surface area (Å²) in [5.74, 6) is 0. The van der Waals surface area contributed by atoms with Crippen molar-refractivity contribution in [1.82, 2.24) is 0 Å². The Labute approximate surface area is 138 Å². The molecule has 0 saturated heterocycles. The van der Waals surface area contributed by atoms with Crippen LogP contribution in [0, 0.1) is 24.0 Å². The molecule has 114 valence electrons. The molecule has 0 unspecified atom stereocenters. The Balaban J connectivity index is 2.15. The van der Waals surface area contributed by atoms with Crippen LogP contribution in [0.2, 0.25) is 5.02 Å². The molecule has 0 atom stereocenters. The fourth-order valence-electron chi connectivity index (χ4n) is 1.95. The third-order valence-corrected chi connectivity index (χ3v) is 3.57. The first-order chi connectivity index (χ1) is 10.4. The number of thiocarbonyl (C=S) groups is 1. The molecule has 0 radical (unpaired) electrons. The second kappa shape index (κ2) is 6.72. The minimum absolute atomic E-state index is 0.0544. The van der Waals surface area contributed by atoms with Crippen LogP contribution in [0.5, 0.6) is 0 Å². The van der Waals surface area contributed by atoms with Crippen molar-refractivity contribution in [2.45, 2.75) is 13.8 Å². The topological polar surface area (TPSA) is 67.2 Å². The van der Waals surface area contributed by atoms with Gasteiger partial charge in [0.15, 0.2) is 5.11 Å². The lowest BCUT2D eigenvalue weighted by Crippen LogP contribution is -2.20. The smallest absolute Gasteiger partial charge is 0.271 e. The lowest BCUT2D eigenvalue weighted by molar-refractivity contribution is -0.384. The Morgan fingerprint density at radius 1 is 1.14 bits per heavy atom. The molecule has 0 spiro atoms. The van der Waals surface area contributed by atoms with E-state index in [0.29, 0.717) is 15.8 Å². The maximum absolute atomic E-state index is 10.8. The van der Waals surface area contributed by atoms with Crippen LogP contribution in [-0.2, 0) is 0 Å². The van der Waals surface area contributed by atoms with E-state index in [-0.39, 0.29) is 5.69 Å². The number of non-ortho nitro benzene ring substituents is 1. The van der Waals surface area contributed by atoms with E-state index >= 15 is 0 Å². The van der Waals surface area contributed by atoms with Gasteiger partial charge in [0.2, 0.25) is 0 Å². The zero-order valence-corrected chi connectivity index (χ0v) is 13.6. The van der Waals surface area contributed by atoms with Crippen LogP contribution in [-0.4, -0.2) is 10.0 Å². The number of nitrogens with one attached hydrogen (secondary N) is 2. The highest BCUT2D eigenvalue weighted by Gasteiger charge is 2.11. The lowest BCUT2D eigenvalue weighted by atomic mass is 10.1. The van der Waals surface area contributed by atoms with E-state index in [1.165, 1.54) is 18.2 Å². The molecule has 2 aromatic rings. The van der Waals surface area contributed by atoms with E-state index in [4.69, 9.17) is 23.8 Å². The lowest BCUT2D eigenvalue weighted by Gasteiger charge is -2.13. The molecule has 5 nitrogen and oxygen atoms in total. The van der Waals surface area contributed by atoms with Gasteiger partial charge in [-0.05, 0) is 43.8 Å². The highest BCUT2D eigenvalue weighted by molar-refractivity contribution is 7.80. The minimum Gasteiger partial charge on any atom is -0.332 e. The molecular weight excluding hydrogens is 322 g/mol. The molecule has 2 N–H and O–H groups in total. The molecule has 0 aliphatic carbocycles. The number of hydrogen-bond acceptors (Lipinski definition) is 3. The van der Waals surface area contributed by atoms with Crippen molar-refractivity contribution >= 4 is 46.0 Å². The van der Waals surface area contributed by atoms with Gasteiger partial charge in [0, 0.05) is 17.8 Å². The van der Waals surface area contributed by atoms with E-state index in [9.17, 15) is 10.1 Å². The summed E-state index contributed by atoms with van der Waals surface area (Å²) in [7, 11) is 0. The molecule has 0 aliphatic rings. The summed E-state index contributed by atoms with van der Waals surface area (Å²) in [5, 5.41) is 17.4. The summed E-state index contributed by atoms with van der Waals surface area (Å²) in [6.45, 7) is 3.98. The molecule has 0 amide bonds. The largest absolute Gasteiger partial charge is 0.332 e. The average molecular weight is 336 g/mol. The first-order valence-electron chi connectivity index (χ1n) is 6.46. The molecule has 0 heterocycles. The highest BCUT2D eigenvalue weighted by Crippen LogP contribution is 2.27. The zero-order chi connectivity index (χ0) is 16.3. The summed E-state index contributed by atoms with van der Waals surface area (Å²) >= 11 is 11.3. The van der Waals surface area contributed by atoms with Gasteiger partial charge >= 0.3 is 0 Å². The number of benzene rings is 2. The van der Waals surface area contributed by atoms with E-state index < -0.39 is 4.92 Å². The molecule has 2 rings (SSSR count). The van der Waals surface area contributed by atoms with Gasteiger partial charge in [0.05, 0.1) is 15.6 Å². The van der Waals surface area contributed by atoms with Gasteiger partial charge < -0.3 is 10.6 Å². The number of nitro groups is 1. The maximum atomic E-state index is 10.8. The van der Waals surface area contributed by atoms with Crippen LogP contribution >= 0.6 is 23.8 Å². The van der Waals surface area contributed by atoms with E-state index in [1.54, 1.807) is 0 Å². The average Bonchev–Trinajstić information content (AvgIpc) is 2.44. The third-order valence-electron chi connectivity index (χ3n) is 3.04. The standard InChI is InChI=1S/C15H14ClN3O2S/c1-9-3-6-13(10(2)7-9)17-15(22)18-14-8-11(19(20)21)4-5-12(14)16/h3-8H,1-2H3,(H2,17,18,22). The van der Waals surface area contributed by atoms with Crippen LogP contribution in [0.15, 0.2) is 36.4 Å². The van der Waals surface area contributed by atoms with E-state index in [2.05, 4.69) is 10.6 Å². The van der Waals surface area contributed by atoms with Gasteiger partial charge in [-0.15, -0.1) is 0 Å². The Morgan fingerprint density at radius 3 is 2.45 bits per heavy atom. The van der Waals surface area contributed by atoms with Crippen LogP contribution < -0.4 is 10.6 Å². The Morgan fingerprint density at radius 2 is 1.82 bits per heavy atom. The number of aryl methyl sites for hydroxylation is 2. The van der Waals surface area contributed by atoms with E-state index in [1.807, 2.05) is 32.0 Å². The number of nitrogens with zero attached hydrogens (tertiary/aromatic N) is 1. The molecular formula is C15H14ClN3O2S. The monoisotopic (exact) mass is 335 g/mol. The second-order valence-electron chi connectivity index (χ2n) is 4.82. The summed E-state index contributed by atoms with van der Waals surface area (Å²) in [5.41, 5.74) is 3.40. The van der Waals surface area contributed by atoms with Gasteiger partial charge in [0.1, 0.15) is 0 Å². The van der Waals surface area contributed by atoms with Crippen LogP contribution in [0.1, 0.15) is 11.1 Å². The van der Waals surface area contributed by atoms with Crippen molar-refractivity contribution < 1.29 is 4.92 Å². The molecule has 0 aliphatic heterocycles. The van der Waals surface area contributed by atoms with Gasteiger partial charge in [-0.2, -0.15) is 0 Å². The first-order valence-corrected chi connectivity index (χ1v) is 7.24. The van der Waals surface area contributed by atoms with Crippen molar-refractivity contribution in [3.63, 3.8) is 0 Å². The molecule has 22 heavy (non-hydrogen) atoms. The van der Waals surface area contributed by atoms with Crippen LogP contribution in [0.3, 0.4) is 0 Å². The van der Waals surface area contributed by atoms with Crippen molar-refractivity contribution in [3.05, 3.63) is 62.7 Å². The molecule has 2 aromatic carbocycles. The Hall–Kier alpha value is -2.18. The maximum Gasteiger partial charge on any atom is 0.271 e. The highest BCUT2D eigenvalue weighted by atomic mass is 35.5. The number of halogens is 1. The predicted molar refractivity (Wildman–Crippen MR) is 93.9 cm³/mol. The summed E-state index contributed by atoms with van der Waals surface area (Å²) in [6.07, 6.45) is 0. The molecule has 7 heteroatoms. The van der Waals surface area contributed by atoms with Gasteiger partial charge in [0.25, 0.3) is 5.69 Å². The van der Waals surface area contributed by atoms with Crippen molar-refractivity contribution in [2.75, 3.05) is 10.6 Å². The molecule has 0 saturated carbocycles. The number of nitro benzene ring substituents is 1. The number of anilines is 2. The van der Waals surface area contributed by atoms with Crippen molar-refractivity contribution in [2.24, 2.45) is 0 Å². The summed E-state index contributed by atoms with van der Waals surface area (Å²) in [4.78, 5) is 10.3. The van der Waals surface area contributed by atoms with Crippen molar-refractivity contribution in [3.8, 4) is 0 Å². The fraction of sp³-hybridized carbons (Fsp3) is 0.133. The van der Waals surface area contributed by atoms with Crippen LogP contribution in [0.4, 0.5) is 17.1 Å². The van der Waals surface area contributed by atoms with E-state index in [0.717, 1.165) is 16.8 Å². The van der Waals surface area contributed by atoms with Gasteiger partial charge in [-0.3, -0.25) is 10.1 Å². The number of rotatable bonds is 3. The normalized spacial score (nSPS) is 10.1. The summed E-state index contributed by atoms with van der Waals surface area (Å²) in [6, 6.07) is 10.1. The fourth-order valence-corrected chi connectivity index (χ4v) is 2.34. The predicted octanol–water partition coefficient (Wildman–Crippen LogP) is 4.67. The first kappa shape index (κ1) is 16.2. The minimum atomic E-state index is -0.484. The summed E-state index contributed by atoms with van der Waals surface area (Å²) < 4.78 is 0. The van der Waals surface area contributed by atoms with Gasteiger partial charge in [-0.1, -0.05) is 29.3 Å². The molecule has 0 fully saturated rings. The Kier molecular flexibility index (Phi) is 4.95. The van der Waals surface area contributed by atoms with Gasteiger partial charge in [-0.25, -0.2) is 0 Å². The molecule has 0 bridgehead atoms. The van der Waals surface area contributed by atoms with Crippen molar-refractivity contribution in [1.29, 1.82) is 0 Å².